The fourth-order valence-electron chi connectivity index (χ4n) is 3.50. The standard InChI is InChI=1S/C20H21F2N7O2/c1-3-18(20(2,21)22)29-9-14(7-25-29)19-17-4-5-23-28(17)11-16(26-19)13-6-24-27(8-13)10-15(31)12-30/h4-9,11,18,30H,3,10,12H2,1-2H3. The molecule has 0 aliphatic carbocycles. The minimum Gasteiger partial charge on any atom is -0.389 e. The molecule has 0 spiro atoms. The third kappa shape index (κ3) is 4.08. The van der Waals surface area contributed by atoms with Crippen LogP contribution in [0.25, 0.3) is 28.0 Å². The molecule has 0 saturated carbocycles. The predicted octanol–water partition coefficient (Wildman–Crippen LogP) is 2.62. The highest BCUT2D eigenvalue weighted by Crippen LogP contribution is 2.33. The van der Waals surface area contributed by atoms with E-state index >= 15 is 0 Å². The number of alkyl halides is 2. The van der Waals surface area contributed by atoms with Gasteiger partial charge in [-0.15, -0.1) is 0 Å². The van der Waals surface area contributed by atoms with E-state index in [0.717, 1.165) is 6.92 Å². The maximum atomic E-state index is 14.0. The maximum absolute atomic E-state index is 14.0. The number of Topliss-reactive ketones (excluding diaryl/α,β-unsaturated/α-hetero) is 1. The van der Waals surface area contributed by atoms with Gasteiger partial charge in [0.05, 0.1) is 41.7 Å². The summed E-state index contributed by atoms with van der Waals surface area (Å²) in [6.45, 7) is 1.96. The van der Waals surface area contributed by atoms with Crippen LogP contribution in [0.3, 0.4) is 0 Å². The smallest absolute Gasteiger partial charge is 0.267 e. The number of hydrogen-bond donors (Lipinski definition) is 1. The van der Waals surface area contributed by atoms with E-state index in [9.17, 15) is 13.6 Å². The number of carbonyl (C=O) groups excluding carboxylic acids is 1. The third-order valence-electron chi connectivity index (χ3n) is 5.00. The topological polar surface area (TPSA) is 103 Å². The van der Waals surface area contributed by atoms with Gasteiger partial charge in [-0.05, 0) is 12.5 Å². The number of rotatable bonds is 8. The zero-order valence-electron chi connectivity index (χ0n) is 17.0. The molecule has 0 aromatic carbocycles. The van der Waals surface area contributed by atoms with Gasteiger partial charge in [0.25, 0.3) is 5.92 Å². The first-order valence-electron chi connectivity index (χ1n) is 9.72. The third-order valence-corrected chi connectivity index (χ3v) is 5.00. The number of aromatic nitrogens is 7. The highest BCUT2D eigenvalue weighted by Gasteiger charge is 2.35. The van der Waals surface area contributed by atoms with E-state index in [0.29, 0.717) is 28.0 Å². The Labute approximate surface area is 175 Å². The largest absolute Gasteiger partial charge is 0.389 e. The molecule has 0 saturated heterocycles. The Balaban J connectivity index is 1.75. The second-order valence-corrected chi connectivity index (χ2v) is 7.35. The van der Waals surface area contributed by atoms with Gasteiger partial charge in [-0.3, -0.25) is 14.2 Å². The van der Waals surface area contributed by atoms with E-state index in [1.807, 2.05) is 0 Å². The second-order valence-electron chi connectivity index (χ2n) is 7.35. The van der Waals surface area contributed by atoms with Crippen molar-refractivity contribution in [2.24, 2.45) is 0 Å². The molecule has 162 valence electrons. The van der Waals surface area contributed by atoms with Gasteiger partial charge < -0.3 is 5.11 Å². The Hall–Kier alpha value is -3.47. The summed E-state index contributed by atoms with van der Waals surface area (Å²) < 4.78 is 32.2. The fourth-order valence-corrected chi connectivity index (χ4v) is 3.50. The van der Waals surface area contributed by atoms with E-state index in [4.69, 9.17) is 10.1 Å². The number of fused-ring (bicyclic) bond motifs is 1. The van der Waals surface area contributed by atoms with Gasteiger partial charge in [-0.25, -0.2) is 18.3 Å². The summed E-state index contributed by atoms with van der Waals surface area (Å²) in [6.07, 6.45) is 9.83. The highest BCUT2D eigenvalue weighted by molar-refractivity contribution is 5.79. The van der Waals surface area contributed by atoms with Crippen molar-refractivity contribution in [3.05, 3.63) is 43.2 Å². The molecule has 4 rings (SSSR count). The summed E-state index contributed by atoms with van der Waals surface area (Å²) in [6, 6.07) is 0.714. The lowest BCUT2D eigenvalue weighted by Gasteiger charge is -2.22. The summed E-state index contributed by atoms with van der Waals surface area (Å²) in [7, 11) is 0. The van der Waals surface area contributed by atoms with Gasteiger partial charge in [-0.2, -0.15) is 15.3 Å². The van der Waals surface area contributed by atoms with Crippen LogP contribution >= 0.6 is 0 Å². The lowest BCUT2D eigenvalue weighted by molar-refractivity contribution is -0.122. The van der Waals surface area contributed by atoms with Crippen LogP contribution in [0.5, 0.6) is 0 Å². The average Bonchev–Trinajstić information content (AvgIpc) is 3.47. The molecule has 4 aromatic rings. The minimum absolute atomic E-state index is 0.0518. The monoisotopic (exact) mass is 429 g/mol. The van der Waals surface area contributed by atoms with Gasteiger partial charge in [0.1, 0.15) is 19.2 Å². The van der Waals surface area contributed by atoms with Crippen molar-refractivity contribution in [1.82, 2.24) is 34.2 Å². The predicted molar refractivity (Wildman–Crippen MR) is 107 cm³/mol. The Kier molecular flexibility index (Phi) is 5.36. The van der Waals surface area contributed by atoms with Crippen LogP contribution in [0.15, 0.2) is 43.2 Å². The van der Waals surface area contributed by atoms with Crippen LogP contribution in [-0.2, 0) is 11.3 Å². The molecule has 4 aromatic heterocycles. The van der Waals surface area contributed by atoms with Crippen LogP contribution in [-0.4, -0.2) is 57.6 Å². The molecule has 0 radical (unpaired) electrons. The minimum atomic E-state index is -2.92. The molecule has 1 N–H and O–H groups in total. The highest BCUT2D eigenvalue weighted by atomic mass is 19.3. The van der Waals surface area contributed by atoms with Gasteiger partial charge in [0, 0.05) is 30.4 Å². The molecule has 1 atom stereocenters. The molecule has 0 aliphatic rings. The van der Waals surface area contributed by atoms with Gasteiger partial charge in [0.2, 0.25) is 0 Å². The summed E-state index contributed by atoms with van der Waals surface area (Å²) in [5, 5.41) is 21.5. The Morgan fingerprint density at radius 1 is 1.16 bits per heavy atom. The van der Waals surface area contributed by atoms with Gasteiger partial charge >= 0.3 is 0 Å². The number of halogens is 2. The Morgan fingerprint density at radius 2 is 1.94 bits per heavy atom. The first-order chi connectivity index (χ1) is 14.8. The summed E-state index contributed by atoms with van der Waals surface area (Å²) in [5.41, 5.74) is 2.99. The van der Waals surface area contributed by atoms with Crippen molar-refractivity contribution < 1.29 is 18.7 Å². The molecular weight excluding hydrogens is 408 g/mol. The molecule has 0 bridgehead atoms. The van der Waals surface area contributed by atoms with Crippen LogP contribution < -0.4 is 0 Å². The molecule has 9 nitrogen and oxygen atoms in total. The molecule has 0 amide bonds. The Morgan fingerprint density at radius 3 is 2.65 bits per heavy atom. The number of aliphatic hydroxyl groups is 1. The SMILES string of the molecule is CCC(n1cc(-c2nc(-c3cnn(CC(=O)CO)c3)cn3nccc23)cn1)C(C)(F)F. The lowest BCUT2D eigenvalue weighted by Crippen LogP contribution is -2.27. The van der Waals surface area contributed by atoms with Crippen LogP contribution in [0.2, 0.25) is 0 Å². The number of nitrogens with zero attached hydrogens (tertiary/aromatic N) is 7. The van der Waals surface area contributed by atoms with Gasteiger partial charge in [-0.1, -0.05) is 6.92 Å². The van der Waals surface area contributed by atoms with E-state index in [1.165, 1.54) is 15.6 Å². The maximum Gasteiger partial charge on any atom is 0.267 e. The number of aliphatic hydroxyl groups excluding tert-OH is 1. The van der Waals surface area contributed by atoms with Crippen molar-refractivity contribution in [1.29, 1.82) is 0 Å². The van der Waals surface area contributed by atoms with Crippen molar-refractivity contribution in [3.63, 3.8) is 0 Å². The quantitative estimate of drug-likeness (QED) is 0.462. The summed E-state index contributed by atoms with van der Waals surface area (Å²) in [5.74, 6) is -3.28. The summed E-state index contributed by atoms with van der Waals surface area (Å²) in [4.78, 5) is 16.2. The van der Waals surface area contributed by atoms with Crippen molar-refractivity contribution in [2.45, 2.75) is 38.8 Å². The molecule has 4 heterocycles. The molecule has 31 heavy (non-hydrogen) atoms. The zero-order valence-corrected chi connectivity index (χ0v) is 17.0. The average molecular weight is 429 g/mol. The van der Waals surface area contributed by atoms with E-state index in [-0.39, 0.29) is 18.7 Å². The van der Waals surface area contributed by atoms with E-state index in [2.05, 4.69) is 15.3 Å². The molecule has 0 fully saturated rings. The first-order valence-corrected chi connectivity index (χ1v) is 9.72. The fraction of sp³-hybridized carbons (Fsp3) is 0.350. The van der Waals surface area contributed by atoms with Crippen LogP contribution in [0.1, 0.15) is 26.3 Å². The molecule has 11 heteroatoms. The number of carbonyl (C=O) groups is 1. The summed E-state index contributed by atoms with van der Waals surface area (Å²) >= 11 is 0. The van der Waals surface area contributed by atoms with Gasteiger partial charge in [0.15, 0.2) is 5.78 Å². The van der Waals surface area contributed by atoms with Crippen LogP contribution in [0, 0.1) is 0 Å². The Bertz CT molecular complexity index is 1220. The normalized spacial score (nSPS) is 13.1. The second kappa shape index (κ2) is 7.99. The van der Waals surface area contributed by atoms with Crippen molar-refractivity contribution in [2.75, 3.05) is 6.61 Å². The number of hydrogen-bond acceptors (Lipinski definition) is 6. The zero-order chi connectivity index (χ0) is 22.2. The van der Waals surface area contributed by atoms with E-state index < -0.39 is 18.6 Å². The van der Waals surface area contributed by atoms with Crippen molar-refractivity contribution >= 4 is 11.3 Å². The molecule has 0 aliphatic heterocycles. The molecular formula is C20H21F2N7O2. The molecule has 1 unspecified atom stereocenters. The lowest BCUT2D eigenvalue weighted by atomic mass is 10.1. The van der Waals surface area contributed by atoms with Crippen molar-refractivity contribution in [3.8, 4) is 22.5 Å². The first kappa shape index (κ1) is 20.8. The van der Waals surface area contributed by atoms with Crippen LogP contribution in [0.4, 0.5) is 8.78 Å². The van der Waals surface area contributed by atoms with E-state index in [1.54, 1.807) is 48.5 Å². The number of ketones is 1.